The number of nitrogens with zero attached hydrogens (tertiary/aromatic N) is 4. The Morgan fingerprint density at radius 1 is 1.20 bits per heavy atom. The second-order valence-electron chi connectivity index (χ2n) is 12.2. The average molecular weight is 619 g/mol. The molecule has 0 bridgehead atoms. The minimum absolute atomic E-state index is 0.0610. The van der Waals surface area contributed by atoms with Crippen LogP contribution in [0.2, 0.25) is 0 Å². The maximum absolute atomic E-state index is 13.5. The Balaban J connectivity index is 1.42. The van der Waals surface area contributed by atoms with Crippen LogP contribution in [0.4, 0.5) is 4.79 Å². The van der Waals surface area contributed by atoms with E-state index in [9.17, 15) is 19.5 Å². The van der Waals surface area contributed by atoms with Crippen molar-refractivity contribution in [1.82, 2.24) is 30.3 Å². The van der Waals surface area contributed by atoms with Crippen LogP contribution in [-0.2, 0) is 9.59 Å². The number of urea groups is 1. The second-order valence-corrected chi connectivity index (χ2v) is 12.2. The fraction of sp³-hybridized carbons (Fsp3) is 0.485. The summed E-state index contributed by atoms with van der Waals surface area (Å²) in [6, 6.07) is 6.05. The molecule has 2 aliphatic rings. The maximum atomic E-state index is 13.5. The zero-order valence-corrected chi connectivity index (χ0v) is 26.5. The van der Waals surface area contributed by atoms with E-state index in [1.807, 2.05) is 43.5 Å². The summed E-state index contributed by atoms with van der Waals surface area (Å²) in [5, 5.41) is 21.0. The number of methoxy groups -OCH3 is 1. The van der Waals surface area contributed by atoms with Crippen molar-refractivity contribution in [1.29, 1.82) is 0 Å². The molecule has 1 aromatic carbocycles. The van der Waals surface area contributed by atoms with Crippen molar-refractivity contribution >= 4 is 28.8 Å². The highest BCUT2D eigenvalue weighted by Gasteiger charge is 2.60. The van der Waals surface area contributed by atoms with Crippen LogP contribution in [0.15, 0.2) is 42.6 Å². The number of nitrogens with one attached hydrogen (secondary N) is 2. The van der Waals surface area contributed by atoms with Gasteiger partial charge in [0.1, 0.15) is 23.1 Å². The van der Waals surface area contributed by atoms with Gasteiger partial charge in [0.25, 0.3) is 0 Å². The van der Waals surface area contributed by atoms with E-state index in [4.69, 9.17) is 14.5 Å². The topological polar surface area (TPSA) is 148 Å². The number of carboxylic acids is 1. The smallest absolute Gasteiger partial charge is 0.330 e. The summed E-state index contributed by atoms with van der Waals surface area (Å²) >= 11 is 0. The summed E-state index contributed by atoms with van der Waals surface area (Å²) < 4.78 is 13.5. The highest BCUT2D eigenvalue weighted by atomic mass is 16.5. The van der Waals surface area contributed by atoms with Crippen LogP contribution in [0, 0.1) is 12.8 Å². The molecule has 12 nitrogen and oxygen atoms in total. The quantitative estimate of drug-likeness (QED) is 0.316. The molecule has 2 aromatic heterocycles. The van der Waals surface area contributed by atoms with Crippen molar-refractivity contribution < 1.29 is 29.0 Å². The molecule has 1 aliphatic heterocycles. The summed E-state index contributed by atoms with van der Waals surface area (Å²) in [5.41, 5.74) is 1.07. The number of rotatable bonds is 8. The summed E-state index contributed by atoms with van der Waals surface area (Å²) in [6.45, 7) is 6.66. The predicted molar refractivity (Wildman–Crippen MR) is 169 cm³/mol. The number of pyridine rings is 1. The van der Waals surface area contributed by atoms with E-state index in [2.05, 4.69) is 29.6 Å². The van der Waals surface area contributed by atoms with Crippen molar-refractivity contribution in [2.75, 3.05) is 27.3 Å². The fourth-order valence-corrected chi connectivity index (χ4v) is 5.66. The van der Waals surface area contributed by atoms with Gasteiger partial charge < -0.3 is 30.1 Å². The number of fused-ring (bicyclic) bond motifs is 2. The Labute approximate surface area is 262 Å². The Morgan fingerprint density at radius 3 is 2.71 bits per heavy atom. The number of hydrogen-bond donors (Lipinski definition) is 3. The van der Waals surface area contributed by atoms with Crippen molar-refractivity contribution in [2.24, 2.45) is 5.92 Å². The van der Waals surface area contributed by atoms with E-state index in [1.54, 1.807) is 24.9 Å². The van der Waals surface area contributed by atoms with Gasteiger partial charge >= 0.3 is 12.0 Å². The van der Waals surface area contributed by atoms with E-state index in [-0.39, 0.29) is 24.9 Å². The van der Waals surface area contributed by atoms with Gasteiger partial charge in [0.15, 0.2) is 5.82 Å². The summed E-state index contributed by atoms with van der Waals surface area (Å²) in [6.07, 6.45) is 8.56. The molecule has 0 saturated heterocycles. The van der Waals surface area contributed by atoms with Crippen LogP contribution in [0.5, 0.6) is 11.5 Å². The van der Waals surface area contributed by atoms with Crippen molar-refractivity contribution in [3.05, 3.63) is 53.9 Å². The fourth-order valence-electron chi connectivity index (χ4n) is 5.66. The van der Waals surface area contributed by atoms with Crippen LogP contribution in [0.1, 0.15) is 63.1 Å². The van der Waals surface area contributed by atoms with E-state index in [1.165, 1.54) is 4.90 Å². The molecule has 240 valence electrons. The highest BCUT2D eigenvalue weighted by molar-refractivity contribution is 5.94. The number of ether oxygens (including phenoxy) is 2. The lowest BCUT2D eigenvalue weighted by atomic mass is 10.1. The van der Waals surface area contributed by atoms with Crippen molar-refractivity contribution in [3.63, 3.8) is 0 Å². The number of aliphatic carboxylic acids is 1. The van der Waals surface area contributed by atoms with Crippen molar-refractivity contribution in [2.45, 2.75) is 70.4 Å². The van der Waals surface area contributed by atoms with Crippen LogP contribution in [0.25, 0.3) is 16.7 Å². The third kappa shape index (κ3) is 6.74. The van der Waals surface area contributed by atoms with Crippen LogP contribution >= 0.6 is 0 Å². The minimum Gasteiger partial charge on any atom is -0.496 e. The lowest BCUT2D eigenvalue weighted by Gasteiger charge is -2.25. The standard InChI is InChI=1S/C33H42N6O6/c1-20(2)24-13-16-39(37-24)28-18-27(23-11-12-26(44-5)21(3)29(23)35-28)45-17-14-25-30(40)36-33(31(41)42)19-22(33)10-8-6-7-9-15-38(4)32(43)34-25/h8,10-13,16,18,20,22,25H,6-7,9,14-15,17,19H2,1-5H3,(H,34,43)(H,36,40)(H,41,42)/b10-8-. The Hall–Kier alpha value is -4.61. The lowest BCUT2D eigenvalue weighted by molar-refractivity contribution is -0.143. The molecule has 3 aromatic rings. The molecule has 3 heterocycles. The van der Waals surface area contributed by atoms with Gasteiger partial charge in [-0.3, -0.25) is 4.79 Å². The van der Waals surface area contributed by atoms with Gasteiger partial charge in [0, 0.05) is 49.1 Å². The molecular weight excluding hydrogens is 576 g/mol. The van der Waals surface area contributed by atoms with E-state index >= 15 is 0 Å². The number of amides is 3. The third-order valence-electron chi connectivity index (χ3n) is 8.64. The molecule has 3 unspecified atom stereocenters. The molecule has 12 heteroatoms. The van der Waals surface area contributed by atoms with Gasteiger partial charge in [0.2, 0.25) is 5.91 Å². The van der Waals surface area contributed by atoms with Gasteiger partial charge in [-0.25, -0.2) is 19.3 Å². The monoisotopic (exact) mass is 618 g/mol. The first-order chi connectivity index (χ1) is 21.5. The number of carbonyl (C=O) groups excluding carboxylic acids is 2. The first kappa shape index (κ1) is 31.8. The molecule has 0 spiro atoms. The number of carbonyl (C=O) groups is 3. The number of carboxylic acid groups (broad SMARTS) is 1. The molecule has 45 heavy (non-hydrogen) atoms. The van der Waals surface area contributed by atoms with E-state index in [0.29, 0.717) is 35.8 Å². The van der Waals surface area contributed by atoms with Gasteiger partial charge in [-0.1, -0.05) is 26.0 Å². The number of aryl methyl sites for hydroxylation is 1. The molecule has 3 N–H and O–H groups in total. The average Bonchev–Trinajstić information content (AvgIpc) is 3.47. The Kier molecular flexibility index (Phi) is 9.31. The molecule has 1 saturated carbocycles. The van der Waals surface area contributed by atoms with Gasteiger partial charge in [0.05, 0.1) is 24.9 Å². The molecule has 5 rings (SSSR count). The minimum atomic E-state index is -1.38. The van der Waals surface area contributed by atoms with Gasteiger partial charge in [-0.05, 0) is 56.7 Å². The Bertz CT molecular complexity index is 1620. The maximum Gasteiger partial charge on any atom is 0.330 e. The molecular formula is C33H42N6O6. The first-order valence-corrected chi connectivity index (χ1v) is 15.4. The van der Waals surface area contributed by atoms with Crippen LogP contribution in [0.3, 0.4) is 0 Å². The Morgan fingerprint density at radius 2 is 2.00 bits per heavy atom. The number of benzene rings is 1. The molecule has 3 atom stereocenters. The predicted octanol–water partition coefficient (Wildman–Crippen LogP) is 4.34. The third-order valence-corrected chi connectivity index (χ3v) is 8.64. The normalized spacial score (nSPS) is 23.1. The second kappa shape index (κ2) is 13.2. The zero-order chi connectivity index (χ0) is 32.3. The largest absolute Gasteiger partial charge is 0.496 e. The lowest BCUT2D eigenvalue weighted by Crippen LogP contribution is -2.55. The number of aromatic nitrogens is 3. The van der Waals surface area contributed by atoms with Gasteiger partial charge in [-0.15, -0.1) is 0 Å². The van der Waals surface area contributed by atoms with Crippen LogP contribution in [-0.4, -0.2) is 81.6 Å². The number of hydrogen-bond acceptors (Lipinski definition) is 7. The molecule has 3 amide bonds. The van der Waals surface area contributed by atoms with Gasteiger partial charge in [-0.2, -0.15) is 5.10 Å². The van der Waals surface area contributed by atoms with Crippen LogP contribution < -0.4 is 20.1 Å². The SMILES string of the molecule is COc1ccc2c(OCCC3NC(=O)N(C)CCCC/C=C\C4CC4(C(=O)O)NC3=O)cc(-n3ccc(C(C)C)n3)nc2c1C. The summed E-state index contributed by atoms with van der Waals surface area (Å²) in [7, 11) is 3.29. The first-order valence-electron chi connectivity index (χ1n) is 15.4. The van der Waals surface area contributed by atoms with E-state index in [0.717, 1.165) is 35.9 Å². The highest BCUT2D eigenvalue weighted by Crippen LogP contribution is 2.45. The molecule has 1 fully saturated rings. The zero-order valence-electron chi connectivity index (χ0n) is 26.5. The molecule has 0 radical (unpaired) electrons. The summed E-state index contributed by atoms with van der Waals surface area (Å²) in [4.78, 5) is 45.2. The molecule has 1 aliphatic carbocycles. The van der Waals surface area contributed by atoms with Crippen molar-refractivity contribution in [3.8, 4) is 17.3 Å². The number of allylic oxidation sites excluding steroid dienone is 1. The summed E-state index contributed by atoms with van der Waals surface area (Å²) in [5.74, 6) is 0.0738. The van der Waals surface area contributed by atoms with E-state index < -0.39 is 29.5 Å².